The van der Waals surface area contributed by atoms with Crippen molar-refractivity contribution in [1.29, 1.82) is 0 Å². The van der Waals surface area contributed by atoms with E-state index in [0.29, 0.717) is 24.5 Å². The zero-order valence-corrected chi connectivity index (χ0v) is 15.8. The van der Waals surface area contributed by atoms with Gasteiger partial charge in [-0.05, 0) is 44.4 Å². The van der Waals surface area contributed by atoms with E-state index in [9.17, 15) is 0 Å². The summed E-state index contributed by atoms with van der Waals surface area (Å²) in [6.45, 7) is 2.93. The number of fused-ring (bicyclic) bond motifs is 3. The summed E-state index contributed by atoms with van der Waals surface area (Å²) in [5.41, 5.74) is 6.03. The van der Waals surface area contributed by atoms with Crippen molar-refractivity contribution in [2.75, 3.05) is 6.61 Å². The average Bonchev–Trinajstić information content (AvgIpc) is 3.20. The molecule has 2 saturated carbocycles. The van der Waals surface area contributed by atoms with Crippen LogP contribution in [0.3, 0.4) is 0 Å². The lowest BCUT2D eigenvalue weighted by molar-refractivity contribution is -0.289. The molecule has 26 heavy (non-hydrogen) atoms. The molecule has 6 unspecified atom stereocenters. The number of nitrogens with two attached hydrogens (primary N) is 1. The summed E-state index contributed by atoms with van der Waals surface area (Å²) in [6, 6.07) is 0.338. The molecular formula is C20H33NO5. The third-order valence-electron chi connectivity index (χ3n) is 7.19. The van der Waals surface area contributed by atoms with Crippen LogP contribution in [0.15, 0.2) is 0 Å². The van der Waals surface area contributed by atoms with E-state index in [4.69, 9.17) is 29.4 Å². The van der Waals surface area contributed by atoms with Crippen LogP contribution in [0.5, 0.6) is 0 Å². The van der Waals surface area contributed by atoms with Gasteiger partial charge in [0, 0.05) is 17.9 Å². The fraction of sp³-hybridized carbons (Fsp3) is 1.00. The second-order valence-electron chi connectivity index (χ2n) is 9.15. The molecule has 0 spiro atoms. The van der Waals surface area contributed by atoms with E-state index in [1.807, 2.05) is 0 Å². The highest BCUT2D eigenvalue weighted by atomic mass is 16.8. The molecule has 3 heterocycles. The topological polar surface area (TPSA) is 72.2 Å². The minimum Gasteiger partial charge on any atom is -0.350 e. The van der Waals surface area contributed by atoms with Gasteiger partial charge in [0.15, 0.2) is 18.9 Å². The Hall–Kier alpha value is -0.240. The lowest BCUT2D eigenvalue weighted by Crippen LogP contribution is -2.49. The zero-order chi connectivity index (χ0) is 17.7. The van der Waals surface area contributed by atoms with E-state index in [0.717, 1.165) is 31.6 Å². The molecule has 6 nitrogen and oxygen atoms in total. The molecule has 2 aliphatic carbocycles. The minimum atomic E-state index is -0.306. The van der Waals surface area contributed by atoms with Crippen LogP contribution in [0.1, 0.15) is 58.3 Å². The van der Waals surface area contributed by atoms with Crippen LogP contribution in [-0.2, 0) is 23.7 Å². The van der Waals surface area contributed by atoms with Crippen molar-refractivity contribution in [2.24, 2.45) is 23.5 Å². The zero-order valence-electron chi connectivity index (χ0n) is 15.8. The van der Waals surface area contributed by atoms with Gasteiger partial charge < -0.3 is 29.4 Å². The number of hydrogen-bond acceptors (Lipinski definition) is 6. The van der Waals surface area contributed by atoms with E-state index in [1.54, 1.807) is 0 Å². The van der Waals surface area contributed by atoms with Crippen molar-refractivity contribution in [3.63, 3.8) is 0 Å². The van der Waals surface area contributed by atoms with Crippen molar-refractivity contribution < 1.29 is 23.7 Å². The van der Waals surface area contributed by atoms with Crippen molar-refractivity contribution >= 4 is 0 Å². The fourth-order valence-electron chi connectivity index (χ4n) is 5.39. The van der Waals surface area contributed by atoms with E-state index in [2.05, 4.69) is 6.92 Å². The standard InChI is InChI=1S/C20H33NO5/c1-11-2-4-12(5-3-11)18-22-10-15-16(24-18)17-20(23-15)26-19(25-17)13-6-8-14(21)9-7-13/h11-20H,2-10,21H2,1H3. The van der Waals surface area contributed by atoms with Gasteiger partial charge in [-0.15, -0.1) is 0 Å². The molecule has 0 aromatic rings. The Kier molecular flexibility index (Phi) is 5.01. The molecule has 6 heteroatoms. The van der Waals surface area contributed by atoms with Crippen LogP contribution in [0.2, 0.25) is 0 Å². The highest BCUT2D eigenvalue weighted by Crippen LogP contribution is 2.43. The molecule has 0 bridgehead atoms. The summed E-state index contributed by atoms with van der Waals surface area (Å²) in [5, 5.41) is 0. The first-order chi connectivity index (χ1) is 12.7. The lowest BCUT2D eigenvalue weighted by Gasteiger charge is -2.39. The molecule has 5 rings (SSSR count). The number of hydrogen-bond donors (Lipinski definition) is 1. The van der Waals surface area contributed by atoms with Gasteiger partial charge >= 0.3 is 0 Å². The molecule has 6 atom stereocenters. The van der Waals surface area contributed by atoms with Crippen molar-refractivity contribution in [2.45, 2.75) is 102 Å². The highest BCUT2D eigenvalue weighted by Gasteiger charge is 2.57. The van der Waals surface area contributed by atoms with Gasteiger partial charge in [-0.25, -0.2) is 0 Å². The fourth-order valence-corrected chi connectivity index (χ4v) is 5.39. The second kappa shape index (κ2) is 7.30. The van der Waals surface area contributed by atoms with Crippen LogP contribution in [0.25, 0.3) is 0 Å². The molecule has 3 aliphatic heterocycles. The Labute approximate surface area is 156 Å². The molecular weight excluding hydrogens is 334 g/mol. The number of ether oxygens (including phenoxy) is 5. The normalized spacial score (nSPS) is 54.7. The maximum absolute atomic E-state index is 6.38. The Balaban J connectivity index is 1.19. The molecule has 3 saturated heterocycles. The minimum absolute atomic E-state index is 0.0612. The van der Waals surface area contributed by atoms with Gasteiger partial charge in [0.25, 0.3) is 0 Å². The van der Waals surface area contributed by atoms with E-state index < -0.39 is 0 Å². The Morgan fingerprint density at radius 1 is 0.654 bits per heavy atom. The maximum Gasteiger partial charge on any atom is 0.190 e. The summed E-state index contributed by atoms with van der Waals surface area (Å²) in [7, 11) is 0. The SMILES string of the molecule is CC1CCC(C2OCC3OC4OC(C5CCC(N)CC5)OC4C3O2)CC1. The summed E-state index contributed by atoms with van der Waals surface area (Å²) in [4.78, 5) is 0. The highest BCUT2D eigenvalue weighted by molar-refractivity contribution is 4.96. The molecule has 5 aliphatic rings. The first-order valence-electron chi connectivity index (χ1n) is 10.7. The first kappa shape index (κ1) is 17.8. The molecule has 0 aromatic heterocycles. The van der Waals surface area contributed by atoms with Crippen LogP contribution in [0.4, 0.5) is 0 Å². The number of rotatable bonds is 2. The summed E-state index contributed by atoms with van der Waals surface area (Å²) in [5.74, 6) is 1.76. The molecule has 0 radical (unpaired) electrons. The van der Waals surface area contributed by atoms with Crippen molar-refractivity contribution in [3.05, 3.63) is 0 Å². The summed E-state index contributed by atoms with van der Waals surface area (Å²) in [6.07, 6.45) is 8.38. The molecule has 148 valence electrons. The predicted molar refractivity (Wildman–Crippen MR) is 94.1 cm³/mol. The Morgan fingerprint density at radius 3 is 2.08 bits per heavy atom. The third kappa shape index (κ3) is 3.33. The summed E-state index contributed by atoms with van der Waals surface area (Å²) >= 11 is 0. The van der Waals surface area contributed by atoms with Gasteiger partial charge in [-0.1, -0.05) is 19.8 Å². The second-order valence-corrected chi connectivity index (χ2v) is 9.15. The Bertz CT molecular complexity index is 489. The predicted octanol–water partition coefficient (Wildman–Crippen LogP) is 2.54. The quantitative estimate of drug-likeness (QED) is 0.809. The Morgan fingerprint density at radius 2 is 1.31 bits per heavy atom. The van der Waals surface area contributed by atoms with Crippen LogP contribution < -0.4 is 5.73 Å². The third-order valence-corrected chi connectivity index (χ3v) is 7.19. The molecule has 5 fully saturated rings. The average molecular weight is 367 g/mol. The van der Waals surface area contributed by atoms with E-state index in [1.165, 1.54) is 25.7 Å². The van der Waals surface area contributed by atoms with Gasteiger partial charge in [0.1, 0.15) is 18.3 Å². The largest absolute Gasteiger partial charge is 0.350 e. The summed E-state index contributed by atoms with van der Waals surface area (Å²) < 4.78 is 30.9. The van der Waals surface area contributed by atoms with Gasteiger partial charge in [0.2, 0.25) is 0 Å². The monoisotopic (exact) mass is 367 g/mol. The molecule has 0 amide bonds. The molecule has 0 aromatic carbocycles. The lowest BCUT2D eigenvalue weighted by atomic mass is 9.82. The van der Waals surface area contributed by atoms with Crippen LogP contribution in [-0.4, -0.2) is 49.8 Å². The van der Waals surface area contributed by atoms with Crippen LogP contribution >= 0.6 is 0 Å². The van der Waals surface area contributed by atoms with Gasteiger partial charge in [-0.3, -0.25) is 0 Å². The van der Waals surface area contributed by atoms with E-state index >= 15 is 0 Å². The van der Waals surface area contributed by atoms with Gasteiger partial charge in [0.05, 0.1) is 6.61 Å². The van der Waals surface area contributed by atoms with Crippen LogP contribution in [0, 0.1) is 17.8 Å². The van der Waals surface area contributed by atoms with E-state index in [-0.39, 0.29) is 37.2 Å². The maximum atomic E-state index is 6.38. The van der Waals surface area contributed by atoms with Crippen molar-refractivity contribution in [3.8, 4) is 0 Å². The smallest absolute Gasteiger partial charge is 0.190 e. The first-order valence-corrected chi connectivity index (χ1v) is 10.7. The van der Waals surface area contributed by atoms with Gasteiger partial charge in [-0.2, -0.15) is 0 Å². The van der Waals surface area contributed by atoms with Crippen molar-refractivity contribution in [1.82, 2.24) is 0 Å². The molecule has 2 N–H and O–H groups in total.